The Labute approximate surface area is 455 Å². The van der Waals surface area contributed by atoms with Gasteiger partial charge in [-0.3, -0.25) is 4.99 Å². The van der Waals surface area contributed by atoms with Crippen molar-refractivity contribution in [1.82, 2.24) is 0 Å². The van der Waals surface area contributed by atoms with Gasteiger partial charge in [0.1, 0.15) is 6.61 Å². The van der Waals surface area contributed by atoms with Crippen molar-refractivity contribution in [2.24, 2.45) is 4.99 Å². The normalized spacial score (nSPS) is 11.8. The summed E-state index contributed by atoms with van der Waals surface area (Å²) in [6, 6.07) is 97.0. The molecule has 0 amide bonds. The molecule has 354 valence electrons. The Morgan fingerprint density at radius 3 is 0.559 bits per heavy atom. The van der Waals surface area contributed by atoms with Crippen molar-refractivity contribution in [2.45, 2.75) is 19.4 Å². The molecule has 1 aliphatic heterocycles. The van der Waals surface area contributed by atoms with E-state index in [0.717, 1.165) is 0 Å². The largest absolute Gasteiger partial charge is 1.00 e. The van der Waals surface area contributed by atoms with Gasteiger partial charge in [-0.2, -0.15) is 0 Å². The molecular formula is C60H55Au3NOP3. The van der Waals surface area contributed by atoms with Crippen molar-refractivity contribution in [3.8, 4) is 0 Å². The molecule has 0 atom stereocenters. The zero-order valence-electron chi connectivity index (χ0n) is 38.0. The number of nitrogens with zero attached hydrogens (tertiary/aromatic N) is 1. The van der Waals surface area contributed by atoms with E-state index in [2.05, 4.69) is 285 Å². The molecule has 0 fully saturated rings. The summed E-state index contributed by atoms with van der Waals surface area (Å²) >= 11 is 0. The van der Waals surface area contributed by atoms with Crippen LogP contribution in [0.25, 0.3) is 0 Å². The monoisotopic (exact) mass is 1490 g/mol. The fourth-order valence-electron chi connectivity index (χ4n) is 7.20. The van der Waals surface area contributed by atoms with E-state index in [4.69, 9.17) is 4.74 Å². The van der Waals surface area contributed by atoms with Crippen molar-refractivity contribution in [3.63, 3.8) is 0 Å². The summed E-state index contributed by atoms with van der Waals surface area (Å²) in [6.45, 7) is 8.27. The first-order valence-corrected chi connectivity index (χ1v) is 25.9. The average Bonchev–Trinajstić information content (AvgIpc) is 3.70. The summed E-state index contributed by atoms with van der Waals surface area (Å²) in [5, 5.41) is 12.6. The molecular weight excluding hydrogens is 1430 g/mol. The Kier molecular flexibility index (Phi) is 25.3. The van der Waals surface area contributed by atoms with Crippen LogP contribution in [0.4, 0.5) is 0 Å². The number of ether oxygens (including phenoxy) is 1. The molecule has 0 aromatic heterocycles. The van der Waals surface area contributed by atoms with Crippen LogP contribution in [-0.4, -0.2) is 18.0 Å². The Balaban J connectivity index is 0.000000202. The van der Waals surface area contributed by atoms with E-state index in [1.54, 1.807) is 0 Å². The van der Waals surface area contributed by atoms with Crippen molar-refractivity contribution in [1.29, 1.82) is 0 Å². The second-order valence-corrected chi connectivity index (χ2v) is 22.3. The van der Waals surface area contributed by atoms with Crippen LogP contribution in [0.5, 0.6) is 0 Å². The molecule has 0 saturated carbocycles. The van der Waals surface area contributed by atoms with Crippen LogP contribution in [0.3, 0.4) is 0 Å². The number of benzene rings is 9. The van der Waals surface area contributed by atoms with Gasteiger partial charge in [-0.05, 0) is 85.4 Å². The first-order valence-electron chi connectivity index (χ1n) is 21.9. The third-order valence-electron chi connectivity index (χ3n) is 10.1. The topological polar surface area (TPSA) is 21.6 Å². The number of hydrogen-bond acceptors (Lipinski definition) is 2. The van der Waals surface area contributed by atoms with E-state index in [9.17, 15) is 0 Å². The smallest absolute Gasteiger partial charge is 0.508 e. The Morgan fingerprint density at radius 1 is 0.324 bits per heavy atom. The van der Waals surface area contributed by atoms with Crippen LogP contribution in [0.1, 0.15) is 13.8 Å². The van der Waals surface area contributed by atoms with Gasteiger partial charge in [-0.15, -0.1) is 0 Å². The summed E-state index contributed by atoms with van der Waals surface area (Å²) in [7, 11) is -1.34. The van der Waals surface area contributed by atoms with E-state index in [1.165, 1.54) is 47.7 Å². The second-order valence-electron chi connectivity index (χ2n) is 15.6. The van der Waals surface area contributed by atoms with Gasteiger partial charge >= 0.3 is 22.4 Å². The number of hydrogen-bond donors (Lipinski definition) is 0. The van der Waals surface area contributed by atoms with Gasteiger partial charge < -0.3 is 11.7 Å². The maximum Gasteiger partial charge on any atom is 1.00 e. The molecule has 2 radical (unpaired) electrons. The molecule has 2 nitrogen and oxygen atoms in total. The van der Waals surface area contributed by atoms with Crippen LogP contribution < -0.4 is 47.7 Å². The fourth-order valence-corrected chi connectivity index (χ4v) is 14.1. The maximum atomic E-state index is 5.01. The van der Waals surface area contributed by atoms with Crippen molar-refractivity contribution >= 4 is 77.4 Å². The summed E-state index contributed by atoms with van der Waals surface area (Å²) in [4.78, 5) is 4.10. The maximum absolute atomic E-state index is 5.01. The second kappa shape index (κ2) is 30.4. The van der Waals surface area contributed by atoms with Crippen LogP contribution in [0.2, 0.25) is 0 Å². The molecule has 68 heavy (non-hydrogen) atoms. The molecule has 9 aromatic rings. The first-order chi connectivity index (χ1) is 31.9. The van der Waals surface area contributed by atoms with E-state index >= 15 is 0 Å². The van der Waals surface area contributed by atoms with Gasteiger partial charge in [-0.25, -0.2) is 0 Å². The molecule has 0 N–H and O–H groups in total. The minimum atomic E-state index is -0.446. The number of rotatable bonds is 9. The molecule has 8 heteroatoms. The van der Waals surface area contributed by atoms with Crippen LogP contribution in [-0.2, 0) is 71.9 Å². The van der Waals surface area contributed by atoms with Crippen molar-refractivity contribution < 1.29 is 71.9 Å². The van der Waals surface area contributed by atoms with E-state index in [1.807, 2.05) is 13.8 Å². The van der Waals surface area contributed by atoms with E-state index in [-0.39, 0.29) is 72.7 Å². The number of aliphatic imine (C=N–C) groups is 1. The predicted molar refractivity (Wildman–Crippen MR) is 288 cm³/mol. The van der Waals surface area contributed by atoms with Crippen LogP contribution in [0, 0.1) is 6.92 Å². The summed E-state index contributed by atoms with van der Waals surface area (Å²) in [5.41, 5.74) is -0.0307. The van der Waals surface area contributed by atoms with Gasteiger partial charge in [0.25, 0.3) is 0 Å². The SMILES string of the molecule is [Au+].[Au].[Au].[CH2-]C1=NC(C)(C)CO1.c1ccc(P(c2ccccc2)c2ccccc2)cc1.c1ccc(P(c2ccccc2)c2ccccc2)cc1.c1ccc(P(c2ccccc2)c2ccccc2)cc1. The van der Waals surface area contributed by atoms with Gasteiger partial charge in [0.2, 0.25) is 0 Å². The van der Waals surface area contributed by atoms with Gasteiger partial charge in [0, 0.05) is 50.7 Å². The first kappa shape index (κ1) is 56.4. The third kappa shape index (κ3) is 17.4. The van der Waals surface area contributed by atoms with Crippen molar-refractivity contribution in [2.75, 3.05) is 6.61 Å². The molecule has 1 aliphatic rings. The van der Waals surface area contributed by atoms with Gasteiger partial charge in [-0.1, -0.05) is 273 Å². The Bertz CT molecular complexity index is 2160. The molecule has 0 unspecified atom stereocenters. The zero-order valence-corrected chi connectivity index (χ0v) is 47.2. The summed E-state index contributed by atoms with van der Waals surface area (Å²) in [5.74, 6) is 0.565. The molecule has 1 heterocycles. The Hall–Kier alpha value is -4.17. The average molecular weight is 1490 g/mol. The van der Waals surface area contributed by atoms with Crippen molar-refractivity contribution in [3.05, 3.63) is 280 Å². The van der Waals surface area contributed by atoms with Gasteiger partial charge in [0.15, 0.2) is 0 Å². The quantitative estimate of drug-likeness (QED) is 0.0802. The van der Waals surface area contributed by atoms with Crippen LogP contribution >= 0.6 is 23.8 Å². The molecule has 0 aliphatic carbocycles. The molecule has 9 aromatic carbocycles. The predicted octanol–water partition coefficient (Wildman–Crippen LogP) is 11.4. The molecule has 0 spiro atoms. The standard InChI is InChI=1S/3C18H15P.C6H10NO.3Au/c3*1-4-10-16(11-5-1)19(17-12-6-2-7-13-17)18-14-8-3-9-15-18;1-5-7-6(2,3)4-8-5;;;/h3*1-15H;1,4H2,2-3H3;;;/q;;;-1;;;+1. The molecule has 10 rings (SSSR count). The summed E-state index contributed by atoms with van der Waals surface area (Å²) < 4.78 is 5.01. The zero-order chi connectivity index (χ0) is 44.9. The van der Waals surface area contributed by atoms with E-state index < -0.39 is 23.8 Å². The fraction of sp³-hybridized carbons (Fsp3) is 0.0667. The van der Waals surface area contributed by atoms with Gasteiger partial charge in [0.05, 0.1) is 5.54 Å². The molecule has 0 saturated heterocycles. The minimum absolute atomic E-state index is 0. The third-order valence-corrected chi connectivity index (χ3v) is 17.5. The summed E-state index contributed by atoms with van der Waals surface area (Å²) in [6.07, 6.45) is 0. The van der Waals surface area contributed by atoms with E-state index in [0.29, 0.717) is 12.5 Å². The van der Waals surface area contributed by atoms with Crippen LogP contribution in [0.15, 0.2) is 278 Å². The minimum Gasteiger partial charge on any atom is -0.508 e. The molecule has 0 bridgehead atoms. The Morgan fingerprint density at radius 2 is 0.471 bits per heavy atom.